The fraction of sp³-hybridized carbons (Fsp3) is 0.400. The molecule has 0 saturated carbocycles. The van der Waals surface area contributed by atoms with Crippen LogP contribution >= 0.6 is 12.2 Å². The summed E-state index contributed by atoms with van der Waals surface area (Å²) in [5.41, 5.74) is 2.47. The Bertz CT molecular complexity index is 379. The van der Waals surface area contributed by atoms with Crippen LogP contribution in [0.25, 0.3) is 5.57 Å². The van der Waals surface area contributed by atoms with E-state index in [1.54, 1.807) is 6.33 Å². The van der Waals surface area contributed by atoms with Crippen LogP contribution < -0.4 is 0 Å². The number of aromatic nitrogens is 2. The second-order valence-electron chi connectivity index (χ2n) is 3.27. The lowest BCUT2D eigenvalue weighted by Crippen LogP contribution is -1.94. The van der Waals surface area contributed by atoms with Gasteiger partial charge in [0.25, 0.3) is 0 Å². The Kier molecular flexibility index (Phi) is 2.54. The summed E-state index contributed by atoms with van der Waals surface area (Å²) in [5, 5.41) is 0. The van der Waals surface area contributed by atoms with Crippen LogP contribution in [0, 0.1) is 4.64 Å². The molecule has 0 radical (unpaired) electrons. The van der Waals surface area contributed by atoms with Crippen molar-refractivity contribution in [1.29, 1.82) is 0 Å². The van der Waals surface area contributed by atoms with Crippen LogP contribution in [0.5, 0.6) is 0 Å². The van der Waals surface area contributed by atoms with E-state index < -0.39 is 0 Å². The van der Waals surface area contributed by atoms with Gasteiger partial charge in [-0.3, -0.25) is 0 Å². The van der Waals surface area contributed by atoms with Gasteiger partial charge in [0.15, 0.2) is 0 Å². The standard InChI is InChI=1S/C10H12N2S/c13-10-9(6-11-7-12-10)8-4-2-1-3-5-8/h4,6-7H,1-3,5H2,(H,11,12,13). The molecule has 0 unspecified atom stereocenters. The number of rotatable bonds is 1. The molecule has 3 heteroatoms. The monoisotopic (exact) mass is 192 g/mol. The molecule has 1 heterocycles. The highest BCUT2D eigenvalue weighted by atomic mass is 32.1. The summed E-state index contributed by atoms with van der Waals surface area (Å²) in [4.78, 5) is 7.02. The van der Waals surface area contributed by atoms with E-state index >= 15 is 0 Å². The number of hydrogen-bond acceptors (Lipinski definition) is 2. The van der Waals surface area contributed by atoms with Crippen LogP contribution in [0.1, 0.15) is 31.2 Å². The highest BCUT2D eigenvalue weighted by molar-refractivity contribution is 7.71. The highest BCUT2D eigenvalue weighted by Gasteiger charge is 2.07. The van der Waals surface area contributed by atoms with Gasteiger partial charge < -0.3 is 4.98 Å². The molecular formula is C10H12N2S. The summed E-state index contributed by atoms with van der Waals surface area (Å²) < 4.78 is 0.808. The lowest BCUT2D eigenvalue weighted by atomic mass is 9.95. The summed E-state index contributed by atoms with van der Waals surface area (Å²) in [5.74, 6) is 0. The molecule has 2 nitrogen and oxygen atoms in total. The number of nitrogens with zero attached hydrogens (tertiary/aromatic N) is 1. The number of H-pyrrole nitrogens is 1. The van der Waals surface area contributed by atoms with Crippen LogP contribution in [0.3, 0.4) is 0 Å². The molecule has 13 heavy (non-hydrogen) atoms. The van der Waals surface area contributed by atoms with E-state index in [1.165, 1.54) is 24.8 Å². The van der Waals surface area contributed by atoms with Crippen molar-refractivity contribution in [3.8, 4) is 0 Å². The van der Waals surface area contributed by atoms with Crippen molar-refractivity contribution in [3.63, 3.8) is 0 Å². The minimum Gasteiger partial charge on any atom is -0.337 e. The second-order valence-corrected chi connectivity index (χ2v) is 3.68. The van der Waals surface area contributed by atoms with Crippen LogP contribution in [-0.4, -0.2) is 9.97 Å². The Morgan fingerprint density at radius 3 is 3.00 bits per heavy atom. The molecule has 1 aromatic rings. The topological polar surface area (TPSA) is 28.7 Å². The average Bonchev–Trinajstić information content (AvgIpc) is 2.20. The third-order valence-electron chi connectivity index (χ3n) is 2.36. The van der Waals surface area contributed by atoms with E-state index in [9.17, 15) is 0 Å². The second kappa shape index (κ2) is 3.83. The van der Waals surface area contributed by atoms with Crippen LogP contribution in [0.2, 0.25) is 0 Å². The van der Waals surface area contributed by atoms with Crippen molar-refractivity contribution in [2.75, 3.05) is 0 Å². The Balaban J connectivity index is 2.40. The van der Waals surface area contributed by atoms with E-state index in [0.717, 1.165) is 16.6 Å². The van der Waals surface area contributed by atoms with Crippen molar-refractivity contribution in [1.82, 2.24) is 9.97 Å². The van der Waals surface area contributed by atoms with E-state index in [1.807, 2.05) is 6.20 Å². The molecule has 0 saturated heterocycles. The normalized spacial score (nSPS) is 16.8. The summed E-state index contributed by atoms with van der Waals surface area (Å²) in [7, 11) is 0. The lowest BCUT2D eigenvalue weighted by Gasteiger charge is -2.11. The zero-order chi connectivity index (χ0) is 9.10. The first kappa shape index (κ1) is 8.63. The molecule has 0 fully saturated rings. The SMILES string of the molecule is S=c1[nH]cncc1C1=CCCCC1. The third-order valence-corrected chi connectivity index (χ3v) is 2.69. The Morgan fingerprint density at radius 2 is 2.31 bits per heavy atom. The Morgan fingerprint density at radius 1 is 1.38 bits per heavy atom. The van der Waals surface area contributed by atoms with E-state index in [-0.39, 0.29) is 0 Å². The molecule has 0 amide bonds. The smallest absolute Gasteiger partial charge is 0.113 e. The predicted molar refractivity (Wildman–Crippen MR) is 55.9 cm³/mol. The van der Waals surface area contributed by atoms with Gasteiger partial charge in [0.1, 0.15) is 4.64 Å². The highest BCUT2D eigenvalue weighted by Crippen LogP contribution is 2.25. The van der Waals surface area contributed by atoms with Gasteiger partial charge in [0.05, 0.1) is 6.33 Å². The van der Waals surface area contributed by atoms with Gasteiger partial charge in [-0.2, -0.15) is 0 Å². The molecule has 68 valence electrons. The number of aromatic amines is 1. The quantitative estimate of drug-likeness (QED) is 0.693. The fourth-order valence-electron chi connectivity index (χ4n) is 1.66. The molecular weight excluding hydrogens is 180 g/mol. The van der Waals surface area contributed by atoms with Crippen LogP contribution in [-0.2, 0) is 0 Å². The third kappa shape index (κ3) is 1.86. The first-order valence-electron chi connectivity index (χ1n) is 4.60. The minimum absolute atomic E-state index is 0.808. The number of allylic oxidation sites excluding steroid dienone is 2. The van der Waals surface area contributed by atoms with Gasteiger partial charge in [-0.05, 0) is 31.3 Å². The molecule has 0 aromatic carbocycles. The average molecular weight is 192 g/mol. The predicted octanol–water partition coefficient (Wildman–Crippen LogP) is 3.10. The van der Waals surface area contributed by atoms with Crippen molar-refractivity contribution in [3.05, 3.63) is 28.8 Å². The molecule has 1 aromatic heterocycles. The number of nitrogens with one attached hydrogen (secondary N) is 1. The van der Waals surface area contributed by atoms with Crippen LogP contribution in [0.15, 0.2) is 18.6 Å². The summed E-state index contributed by atoms with van der Waals surface area (Å²) in [6.07, 6.45) is 10.7. The maximum absolute atomic E-state index is 5.20. The molecule has 0 aliphatic heterocycles. The lowest BCUT2D eigenvalue weighted by molar-refractivity contribution is 0.741. The fourth-order valence-corrected chi connectivity index (χ4v) is 1.89. The largest absolute Gasteiger partial charge is 0.337 e. The molecule has 2 rings (SSSR count). The van der Waals surface area contributed by atoms with E-state index in [2.05, 4.69) is 16.0 Å². The van der Waals surface area contributed by atoms with Gasteiger partial charge in [-0.15, -0.1) is 0 Å². The molecule has 1 aliphatic rings. The van der Waals surface area contributed by atoms with Gasteiger partial charge in [0.2, 0.25) is 0 Å². The number of hydrogen-bond donors (Lipinski definition) is 1. The minimum atomic E-state index is 0.808. The van der Waals surface area contributed by atoms with Crippen molar-refractivity contribution >= 4 is 17.8 Å². The van der Waals surface area contributed by atoms with Gasteiger partial charge >= 0.3 is 0 Å². The van der Waals surface area contributed by atoms with Gasteiger partial charge in [-0.1, -0.05) is 18.3 Å². The first-order chi connectivity index (χ1) is 6.38. The van der Waals surface area contributed by atoms with Crippen molar-refractivity contribution in [2.45, 2.75) is 25.7 Å². The maximum Gasteiger partial charge on any atom is 0.113 e. The molecule has 0 spiro atoms. The Hall–Kier alpha value is -0.960. The van der Waals surface area contributed by atoms with Gasteiger partial charge in [-0.25, -0.2) is 4.98 Å². The maximum atomic E-state index is 5.20. The molecule has 0 atom stereocenters. The molecule has 1 N–H and O–H groups in total. The van der Waals surface area contributed by atoms with Gasteiger partial charge in [0, 0.05) is 11.8 Å². The van der Waals surface area contributed by atoms with E-state index in [0.29, 0.717) is 0 Å². The van der Waals surface area contributed by atoms with E-state index in [4.69, 9.17) is 12.2 Å². The zero-order valence-electron chi connectivity index (χ0n) is 7.42. The van der Waals surface area contributed by atoms with Crippen molar-refractivity contribution < 1.29 is 0 Å². The summed E-state index contributed by atoms with van der Waals surface area (Å²) in [6.45, 7) is 0. The zero-order valence-corrected chi connectivity index (χ0v) is 8.23. The first-order valence-corrected chi connectivity index (χ1v) is 5.01. The summed E-state index contributed by atoms with van der Waals surface area (Å²) in [6, 6.07) is 0. The molecule has 1 aliphatic carbocycles. The van der Waals surface area contributed by atoms with Crippen molar-refractivity contribution in [2.24, 2.45) is 0 Å². The molecule has 0 bridgehead atoms. The Labute approximate surface area is 82.7 Å². The van der Waals surface area contributed by atoms with Crippen LogP contribution in [0.4, 0.5) is 0 Å². The summed E-state index contributed by atoms with van der Waals surface area (Å²) >= 11 is 5.20.